The number of hydrogen-bond donors (Lipinski definition) is 1. The van der Waals surface area contributed by atoms with Crippen LogP contribution in [0, 0.1) is 0 Å². The lowest BCUT2D eigenvalue weighted by Gasteiger charge is -2.24. The fraction of sp³-hybridized carbons (Fsp3) is 0.450. The topological polar surface area (TPSA) is 85.6 Å². The van der Waals surface area contributed by atoms with Gasteiger partial charge in [-0.15, -0.1) is 0 Å². The van der Waals surface area contributed by atoms with E-state index in [4.69, 9.17) is 4.74 Å². The van der Waals surface area contributed by atoms with Crippen LogP contribution in [0.3, 0.4) is 0 Å². The van der Waals surface area contributed by atoms with Gasteiger partial charge in [-0.3, -0.25) is 18.8 Å². The number of benzene rings is 1. The first kappa shape index (κ1) is 19.9. The summed E-state index contributed by atoms with van der Waals surface area (Å²) >= 11 is 0. The molecule has 2 heterocycles. The summed E-state index contributed by atoms with van der Waals surface area (Å²) in [5, 5.41) is 3.10. The van der Waals surface area contributed by atoms with E-state index in [1.807, 2.05) is 6.07 Å². The van der Waals surface area contributed by atoms with Gasteiger partial charge in [-0.05, 0) is 38.1 Å². The van der Waals surface area contributed by atoms with Crippen molar-refractivity contribution in [3.63, 3.8) is 0 Å². The Balaban J connectivity index is 1.73. The molecule has 0 saturated carbocycles. The summed E-state index contributed by atoms with van der Waals surface area (Å²) in [7, 11) is 3.03. The highest BCUT2D eigenvalue weighted by atomic mass is 16.5. The highest BCUT2D eigenvalue weighted by molar-refractivity contribution is 5.89. The fourth-order valence-corrected chi connectivity index (χ4v) is 3.31. The molecule has 1 unspecified atom stereocenters. The van der Waals surface area contributed by atoms with Gasteiger partial charge in [0.05, 0.1) is 12.1 Å². The summed E-state index contributed by atoms with van der Waals surface area (Å²) in [4.78, 5) is 38.7. The van der Waals surface area contributed by atoms with Gasteiger partial charge in [-0.1, -0.05) is 18.2 Å². The number of esters is 1. The minimum atomic E-state index is -0.412. The molecule has 150 valence electrons. The molecule has 8 nitrogen and oxygen atoms in total. The first-order chi connectivity index (χ1) is 13.5. The molecule has 0 aliphatic carbocycles. The van der Waals surface area contributed by atoms with Crippen molar-refractivity contribution in [1.29, 1.82) is 0 Å². The summed E-state index contributed by atoms with van der Waals surface area (Å²) in [6.45, 7) is 2.85. The van der Waals surface area contributed by atoms with Crippen molar-refractivity contribution < 1.29 is 9.53 Å². The predicted octanol–water partition coefficient (Wildman–Crippen LogP) is 0.817. The van der Waals surface area contributed by atoms with Crippen molar-refractivity contribution in [1.82, 2.24) is 14.0 Å². The van der Waals surface area contributed by atoms with Crippen LogP contribution < -0.4 is 16.6 Å². The zero-order chi connectivity index (χ0) is 20.1. The second kappa shape index (κ2) is 8.88. The van der Waals surface area contributed by atoms with Gasteiger partial charge in [-0.2, -0.15) is 0 Å². The number of nitrogens with one attached hydrogen (secondary N) is 1. The third-order valence-corrected chi connectivity index (χ3v) is 4.98. The molecular formula is C20H26N4O4. The van der Waals surface area contributed by atoms with E-state index in [0.717, 1.165) is 30.5 Å². The molecule has 1 aliphatic heterocycles. The van der Waals surface area contributed by atoms with E-state index in [9.17, 15) is 14.4 Å². The maximum absolute atomic E-state index is 12.5. The van der Waals surface area contributed by atoms with Crippen LogP contribution in [-0.2, 0) is 18.8 Å². The lowest BCUT2D eigenvalue weighted by molar-refractivity contribution is 0.0256. The SMILES string of the molecule is Cn1c(NCC(CN2CCCC2)OC(=O)c2ccccc2)cc(=O)n(C)c1=O. The molecule has 1 fully saturated rings. The molecule has 1 aliphatic rings. The summed E-state index contributed by atoms with van der Waals surface area (Å²) < 4.78 is 8.14. The number of aromatic nitrogens is 2. The number of carbonyl (C=O) groups is 1. The zero-order valence-corrected chi connectivity index (χ0v) is 16.3. The summed E-state index contributed by atoms with van der Waals surface area (Å²) in [6, 6.07) is 10.2. The van der Waals surface area contributed by atoms with Gasteiger partial charge >= 0.3 is 11.7 Å². The third-order valence-electron chi connectivity index (χ3n) is 4.98. The number of rotatable bonds is 7. The molecule has 0 radical (unpaired) electrons. The molecule has 8 heteroatoms. The Morgan fingerprint density at radius 3 is 2.46 bits per heavy atom. The van der Waals surface area contributed by atoms with Crippen LogP contribution in [0.5, 0.6) is 0 Å². The van der Waals surface area contributed by atoms with Crippen LogP contribution in [0.15, 0.2) is 46.0 Å². The average Bonchev–Trinajstić information content (AvgIpc) is 3.21. The number of carbonyl (C=O) groups excluding carboxylic acids is 1. The number of anilines is 1. The van der Waals surface area contributed by atoms with Gasteiger partial charge in [0.15, 0.2) is 0 Å². The fourth-order valence-electron chi connectivity index (χ4n) is 3.31. The first-order valence-electron chi connectivity index (χ1n) is 9.45. The maximum Gasteiger partial charge on any atom is 0.338 e. The highest BCUT2D eigenvalue weighted by Gasteiger charge is 2.22. The molecule has 1 atom stereocenters. The molecule has 1 aromatic heterocycles. The van der Waals surface area contributed by atoms with Gasteiger partial charge < -0.3 is 10.1 Å². The third kappa shape index (κ3) is 4.69. The molecule has 0 spiro atoms. The molecule has 1 N–H and O–H groups in total. The van der Waals surface area contributed by atoms with Crippen molar-refractivity contribution in [2.75, 3.05) is 31.5 Å². The van der Waals surface area contributed by atoms with E-state index in [-0.39, 0.29) is 11.5 Å². The zero-order valence-electron chi connectivity index (χ0n) is 16.3. The molecule has 28 heavy (non-hydrogen) atoms. The van der Waals surface area contributed by atoms with Crippen LogP contribution in [0.25, 0.3) is 0 Å². The minimum absolute atomic E-state index is 0.301. The average molecular weight is 386 g/mol. The van der Waals surface area contributed by atoms with E-state index in [0.29, 0.717) is 24.5 Å². The van der Waals surface area contributed by atoms with Gasteiger partial charge in [0.1, 0.15) is 11.9 Å². The number of hydrogen-bond acceptors (Lipinski definition) is 6. The molecule has 2 aromatic rings. The van der Waals surface area contributed by atoms with Crippen LogP contribution in [0.2, 0.25) is 0 Å². The van der Waals surface area contributed by atoms with E-state index < -0.39 is 11.8 Å². The predicted molar refractivity (Wildman–Crippen MR) is 107 cm³/mol. The molecule has 0 bridgehead atoms. The van der Waals surface area contributed by atoms with Gasteiger partial charge in [-0.25, -0.2) is 9.59 Å². The van der Waals surface area contributed by atoms with E-state index >= 15 is 0 Å². The van der Waals surface area contributed by atoms with Crippen LogP contribution in [0.4, 0.5) is 5.82 Å². The molecular weight excluding hydrogens is 360 g/mol. The van der Waals surface area contributed by atoms with E-state index in [2.05, 4.69) is 10.2 Å². The molecule has 3 rings (SSSR count). The minimum Gasteiger partial charge on any atom is -0.456 e. The first-order valence-corrected chi connectivity index (χ1v) is 9.45. The quantitative estimate of drug-likeness (QED) is 0.709. The largest absolute Gasteiger partial charge is 0.456 e. The lowest BCUT2D eigenvalue weighted by Crippen LogP contribution is -2.40. The standard InChI is InChI=1S/C20H26N4O4/c1-22-17(12-18(25)23(2)20(22)27)21-13-16(14-24-10-6-7-11-24)28-19(26)15-8-4-3-5-9-15/h3-5,8-9,12,16,21H,6-7,10-11,13-14H2,1-2H3. The second-order valence-corrected chi connectivity index (χ2v) is 7.05. The van der Waals surface area contributed by atoms with Crippen LogP contribution in [0.1, 0.15) is 23.2 Å². The van der Waals surface area contributed by atoms with Crippen molar-refractivity contribution in [2.45, 2.75) is 18.9 Å². The number of ether oxygens (including phenoxy) is 1. The second-order valence-electron chi connectivity index (χ2n) is 7.05. The van der Waals surface area contributed by atoms with Gasteiger partial charge in [0.25, 0.3) is 5.56 Å². The van der Waals surface area contributed by atoms with Crippen molar-refractivity contribution in [3.05, 3.63) is 62.8 Å². The Hall–Kier alpha value is -2.87. The van der Waals surface area contributed by atoms with Crippen molar-refractivity contribution >= 4 is 11.8 Å². The molecule has 1 saturated heterocycles. The molecule has 0 amide bonds. The smallest absolute Gasteiger partial charge is 0.338 e. The summed E-state index contributed by atoms with van der Waals surface area (Å²) in [6.07, 6.45) is 1.86. The normalized spacial score (nSPS) is 15.4. The van der Waals surface area contributed by atoms with E-state index in [1.165, 1.54) is 17.7 Å². The molecule has 1 aromatic carbocycles. The summed E-state index contributed by atoms with van der Waals surface area (Å²) in [5.74, 6) is 0.0137. The Labute approximate surface area is 163 Å². The van der Waals surface area contributed by atoms with Crippen LogP contribution >= 0.6 is 0 Å². The Morgan fingerprint density at radius 2 is 1.79 bits per heavy atom. The van der Waals surface area contributed by atoms with E-state index in [1.54, 1.807) is 31.3 Å². The van der Waals surface area contributed by atoms with Crippen LogP contribution in [-0.4, -0.2) is 52.3 Å². The Morgan fingerprint density at radius 1 is 1.11 bits per heavy atom. The highest BCUT2D eigenvalue weighted by Crippen LogP contribution is 2.12. The van der Waals surface area contributed by atoms with Crippen molar-refractivity contribution in [2.24, 2.45) is 14.1 Å². The maximum atomic E-state index is 12.5. The Bertz CT molecular complexity index is 929. The van der Waals surface area contributed by atoms with Gasteiger partial charge in [0, 0.05) is 26.7 Å². The van der Waals surface area contributed by atoms with Crippen molar-refractivity contribution in [3.8, 4) is 0 Å². The summed E-state index contributed by atoms with van der Waals surface area (Å²) in [5.41, 5.74) is -0.301. The number of nitrogens with zero attached hydrogens (tertiary/aromatic N) is 3. The monoisotopic (exact) mass is 386 g/mol. The lowest BCUT2D eigenvalue weighted by atomic mass is 10.2. The number of likely N-dealkylation sites (tertiary alicyclic amines) is 1. The van der Waals surface area contributed by atoms with Gasteiger partial charge in [0.2, 0.25) is 0 Å². The Kier molecular flexibility index (Phi) is 6.30.